The van der Waals surface area contributed by atoms with Crippen molar-refractivity contribution in [1.82, 2.24) is 29.9 Å². The molecule has 0 fully saturated rings. The van der Waals surface area contributed by atoms with Crippen LogP contribution in [0.25, 0.3) is 66.9 Å². The van der Waals surface area contributed by atoms with Gasteiger partial charge in [0, 0.05) is 32.7 Å². The average molecular weight is 1490 g/mol. The van der Waals surface area contributed by atoms with E-state index in [0.717, 1.165) is 144 Å². The Morgan fingerprint density at radius 2 is 0.343 bits per heavy atom. The largest absolute Gasteiger partial charge is 0.490 e. The molecule has 0 radical (unpaired) electrons. The number of H-pyrrole nitrogens is 2. The van der Waals surface area contributed by atoms with E-state index in [9.17, 15) is 0 Å². The zero-order chi connectivity index (χ0) is 75.8. The fourth-order valence-electron chi connectivity index (χ4n) is 15.7. The maximum absolute atomic E-state index is 6.90. The van der Waals surface area contributed by atoms with Crippen LogP contribution in [-0.2, 0) is 0 Å². The highest BCUT2D eigenvalue weighted by Gasteiger charge is 2.26. The fraction of sp³-hybridized carbons (Fsp3) is 0.750. The number of unbranched alkanes of at least 4 members (excludes halogenated alkanes) is 54. The van der Waals surface area contributed by atoms with Crippen molar-refractivity contribution in [2.24, 2.45) is 0 Å². The lowest BCUT2D eigenvalue weighted by molar-refractivity contribution is 0.258. The summed E-state index contributed by atoms with van der Waals surface area (Å²) in [6.07, 6.45) is 76.0. The molecule has 0 saturated heterocycles. The molecule has 608 valence electrons. The van der Waals surface area contributed by atoms with E-state index in [0.29, 0.717) is 73.9 Å². The Labute approximate surface area is 659 Å². The highest BCUT2D eigenvalue weighted by Crippen LogP contribution is 2.45. The molecule has 6 bridgehead atoms. The molecule has 0 saturated carbocycles. The Kier molecular flexibility index (Phi) is 48.5. The number of aromatic nitrogens is 6. The van der Waals surface area contributed by atoms with Crippen molar-refractivity contribution >= 4 is 44.1 Å². The summed E-state index contributed by atoms with van der Waals surface area (Å²) in [5.41, 5.74) is 4.33. The summed E-state index contributed by atoms with van der Waals surface area (Å²) < 4.78 is 41.4. The maximum Gasteiger partial charge on any atom is 0.164 e. The van der Waals surface area contributed by atoms with Crippen LogP contribution in [0.3, 0.4) is 0 Å². The van der Waals surface area contributed by atoms with Crippen molar-refractivity contribution in [1.29, 1.82) is 0 Å². The minimum atomic E-state index is 0.553. The molecular weight excluding hydrogens is 1330 g/mol. The van der Waals surface area contributed by atoms with E-state index < -0.39 is 0 Å². The van der Waals surface area contributed by atoms with Crippen LogP contribution in [0.4, 0.5) is 0 Å². The van der Waals surface area contributed by atoms with E-state index in [2.05, 4.69) is 87.9 Å². The number of nitrogens with zero attached hydrogens (tertiary/aromatic N) is 4. The molecule has 3 aromatic heterocycles. The Morgan fingerprint density at radius 3 is 0.528 bits per heavy atom. The summed E-state index contributed by atoms with van der Waals surface area (Å²) in [6.45, 7) is 17.5. The third kappa shape index (κ3) is 35.0. The van der Waals surface area contributed by atoms with Gasteiger partial charge in [-0.2, -0.15) is 0 Å². The molecule has 3 aromatic carbocycles. The van der Waals surface area contributed by atoms with Crippen LogP contribution in [0.1, 0.15) is 427 Å². The minimum Gasteiger partial charge on any atom is -0.490 e. The Balaban J connectivity index is 1.28. The first-order valence-electron chi connectivity index (χ1n) is 46.5. The van der Waals surface area contributed by atoms with Gasteiger partial charge in [-0.25, -0.2) is 19.9 Å². The molecule has 12 heteroatoms. The van der Waals surface area contributed by atoms with Gasteiger partial charge in [-0.3, -0.25) is 0 Å². The van der Waals surface area contributed by atoms with Crippen LogP contribution < -0.4 is 28.4 Å². The predicted octanol–water partition coefficient (Wildman–Crippen LogP) is 31.1. The molecular formula is C96H158N6O6. The second-order valence-electron chi connectivity index (χ2n) is 32.5. The predicted molar refractivity (Wildman–Crippen MR) is 462 cm³/mol. The van der Waals surface area contributed by atoms with Gasteiger partial charge in [0.05, 0.1) is 39.6 Å². The third-order valence-corrected chi connectivity index (χ3v) is 22.6. The lowest BCUT2D eigenvalue weighted by Gasteiger charge is -2.15. The topological polar surface area (TPSA) is 139 Å². The van der Waals surface area contributed by atoms with E-state index in [-0.39, 0.29) is 0 Å². The van der Waals surface area contributed by atoms with Crippen LogP contribution in [0.2, 0.25) is 0 Å². The summed E-state index contributed by atoms with van der Waals surface area (Å²) in [6, 6.07) is 12.9. The first-order valence-corrected chi connectivity index (χ1v) is 46.5. The number of rotatable bonds is 72. The second-order valence-corrected chi connectivity index (χ2v) is 32.5. The van der Waals surface area contributed by atoms with Gasteiger partial charge in [-0.15, -0.1) is 0 Å². The zero-order valence-electron chi connectivity index (χ0n) is 70.4. The number of benzene rings is 3. The number of nitrogens with one attached hydrogen (secondary N) is 2. The summed E-state index contributed by atoms with van der Waals surface area (Å²) in [4.78, 5) is 29.8. The Bertz CT molecular complexity index is 3120. The van der Waals surface area contributed by atoms with Crippen molar-refractivity contribution in [2.45, 2.75) is 427 Å². The van der Waals surface area contributed by atoms with Crippen LogP contribution in [-0.4, -0.2) is 69.5 Å². The van der Waals surface area contributed by atoms with E-state index in [1.165, 1.54) is 308 Å². The number of hydrogen-bond acceptors (Lipinski definition) is 10. The number of hydrogen-bond donors (Lipinski definition) is 2. The molecule has 0 unspecified atom stereocenters. The van der Waals surface area contributed by atoms with Crippen molar-refractivity contribution in [2.75, 3.05) is 39.6 Å². The normalized spacial score (nSPS) is 11.8. The smallest absolute Gasteiger partial charge is 0.164 e. The van der Waals surface area contributed by atoms with Gasteiger partial charge >= 0.3 is 0 Å². The van der Waals surface area contributed by atoms with Crippen molar-refractivity contribution < 1.29 is 28.4 Å². The molecule has 12 nitrogen and oxygen atoms in total. The zero-order valence-corrected chi connectivity index (χ0v) is 70.4. The fourth-order valence-corrected chi connectivity index (χ4v) is 15.7. The summed E-state index contributed by atoms with van der Waals surface area (Å²) in [5, 5.41) is 3.57. The minimum absolute atomic E-state index is 0.553. The van der Waals surface area contributed by atoms with Gasteiger partial charge in [0.2, 0.25) is 0 Å². The van der Waals surface area contributed by atoms with Crippen molar-refractivity contribution in [3.8, 4) is 57.3 Å². The van der Waals surface area contributed by atoms with E-state index in [1.807, 2.05) is 0 Å². The molecule has 2 N–H and O–H groups in total. The number of ether oxygens (including phenoxy) is 6. The van der Waals surface area contributed by atoms with Gasteiger partial charge in [0.15, 0.2) is 46.1 Å². The summed E-state index contributed by atoms with van der Waals surface area (Å²) in [5.74, 6) is 5.52. The Hall–Kier alpha value is -5.52. The SMILES string of the molecule is CCCCCCCCCCCCOc1cc2c(cc1OCCCCCCCCCCCC)-c1nc-2nc2[nH]c(nc3[nH]c(n1)c1cc(OCCCCCCCCCCCC)c(OCCCCCCCCCCCC)cc31)c1cc(OCCCCCCCCCCCC)c(OCCCCCCCCCCCC)cc21. The van der Waals surface area contributed by atoms with E-state index in [1.54, 1.807) is 0 Å². The molecule has 6 aromatic rings. The highest BCUT2D eigenvalue weighted by atomic mass is 16.5. The van der Waals surface area contributed by atoms with Crippen LogP contribution in [0, 0.1) is 0 Å². The molecule has 0 atom stereocenters. The van der Waals surface area contributed by atoms with Gasteiger partial charge < -0.3 is 38.4 Å². The van der Waals surface area contributed by atoms with E-state index in [4.69, 9.17) is 48.4 Å². The first-order chi connectivity index (χ1) is 53.5. The van der Waals surface area contributed by atoms with Gasteiger partial charge in [-0.1, -0.05) is 388 Å². The summed E-state index contributed by atoms with van der Waals surface area (Å²) >= 11 is 0. The van der Waals surface area contributed by atoms with E-state index >= 15 is 0 Å². The molecule has 4 heterocycles. The second kappa shape index (κ2) is 58.4. The number of fused-ring (bicyclic) bond motifs is 15. The van der Waals surface area contributed by atoms with Crippen molar-refractivity contribution in [3.63, 3.8) is 0 Å². The van der Waals surface area contributed by atoms with Crippen LogP contribution in [0.5, 0.6) is 34.5 Å². The number of aromatic amines is 2. The van der Waals surface area contributed by atoms with Gasteiger partial charge in [0.1, 0.15) is 22.6 Å². The lowest BCUT2D eigenvalue weighted by atomic mass is 10.1. The Morgan fingerprint density at radius 1 is 0.185 bits per heavy atom. The monoisotopic (exact) mass is 1490 g/mol. The third-order valence-electron chi connectivity index (χ3n) is 22.6. The lowest BCUT2D eigenvalue weighted by Crippen LogP contribution is -2.03. The van der Waals surface area contributed by atoms with Crippen LogP contribution >= 0.6 is 0 Å². The molecule has 0 aliphatic carbocycles. The van der Waals surface area contributed by atoms with Crippen LogP contribution in [0.15, 0.2) is 36.4 Å². The summed E-state index contributed by atoms with van der Waals surface area (Å²) in [7, 11) is 0. The highest BCUT2D eigenvalue weighted by molar-refractivity contribution is 6.09. The molecule has 108 heavy (non-hydrogen) atoms. The molecule has 0 spiro atoms. The standard InChI is InChI=1S/C96H158N6O6/c1-7-13-19-25-31-37-43-49-55-61-67-103-85-73-79-80(74-86(85)104-68-62-56-50-44-38-32-26-20-14-8-2)92-97-91(79)100-93-81-75-87(105-69-63-57-51-45-39-33-27-21-15-9-3)88(106-70-64-58-52-46-40-34-28-22-16-10-4)76-82(81)95(98-93)102-96-84-78-90(108-72-66-60-54-48-42-36-30-24-18-12-6)89(77-83(84)94(99-96)101-92)107-71-65-59-53-47-41-35-29-23-17-11-5/h73-78H,7-72H2,1-6H3,(H2,97,98,99,100,101,102). The van der Waals surface area contributed by atoms with Gasteiger partial charge in [-0.05, 0) is 74.9 Å². The molecule has 7 rings (SSSR count). The quantitative estimate of drug-likeness (QED) is 0.0354. The van der Waals surface area contributed by atoms with Crippen molar-refractivity contribution in [3.05, 3.63) is 36.4 Å². The molecule has 0 amide bonds. The first kappa shape index (κ1) is 89.7. The molecule has 1 aliphatic heterocycles. The molecule has 1 aliphatic rings. The average Bonchev–Trinajstić information content (AvgIpc) is 1.59. The van der Waals surface area contributed by atoms with Gasteiger partial charge in [0.25, 0.3) is 0 Å². The maximum atomic E-state index is 6.90.